The minimum absolute atomic E-state index is 0.0823. The molecule has 0 unspecified atom stereocenters. The van der Waals surface area contributed by atoms with Gasteiger partial charge in [0.15, 0.2) is 6.04 Å². The van der Waals surface area contributed by atoms with E-state index in [0.29, 0.717) is 30.8 Å². The van der Waals surface area contributed by atoms with Crippen LogP contribution in [0.25, 0.3) is 0 Å². The molecule has 0 saturated carbocycles. The molecule has 2 saturated heterocycles. The van der Waals surface area contributed by atoms with Crippen molar-refractivity contribution in [1.82, 2.24) is 15.3 Å². The number of carbonyl (C=O) groups is 4. The van der Waals surface area contributed by atoms with Crippen LogP contribution in [0.1, 0.15) is 44.6 Å². The van der Waals surface area contributed by atoms with Gasteiger partial charge in [-0.3, -0.25) is 24.7 Å². The summed E-state index contributed by atoms with van der Waals surface area (Å²) >= 11 is 5.93. The van der Waals surface area contributed by atoms with E-state index in [9.17, 15) is 24.3 Å². The number of aliphatic carboxylic acids is 1. The Morgan fingerprint density at radius 2 is 1.97 bits per heavy atom. The Hall–Kier alpha value is -2.65. The molecular weight excluding hydrogens is 438 g/mol. The maximum absolute atomic E-state index is 13.3. The topological polar surface area (TPSA) is 116 Å². The Kier molecular flexibility index (Phi) is 8.09. The smallest absolute Gasteiger partial charge is 0.328 e. The number of hydrogen-bond donors (Lipinski definition) is 2. The van der Waals surface area contributed by atoms with Crippen molar-refractivity contribution in [3.05, 3.63) is 34.9 Å². The molecule has 3 rings (SSSR count). The number of aryl methyl sites for hydroxylation is 1. The van der Waals surface area contributed by atoms with Gasteiger partial charge in [-0.05, 0) is 56.7 Å². The zero-order chi connectivity index (χ0) is 23.3. The lowest BCUT2D eigenvalue weighted by Gasteiger charge is -2.42. The fraction of sp³-hybridized carbons (Fsp3) is 0.545. The Labute approximate surface area is 191 Å². The summed E-state index contributed by atoms with van der Waals surface area (Å²) in [5, 5.41) is 15.6. The standard InChI is InChI=1S/C22H28ClN3O6/c1-2-32-22(31)17(10-7-14-5-8-15(23)9-6-14)24-16-11-12-19(27)25-13-3-4-18(21(29)30)26(25)20(16)28/h5-6,8-9,16-18,24H,2-4,7,10-13H2,1H3,(H,29,30)/t16-,17-,18-/m0/s1. The van der Waals surface area contributed by atoms with Gasteiger partial charge in [0.2, 0.25) is 5.91 Å². The highest BCUT2D eigenvalue weighted by Crippen LogP contribution is 2.25. The first kappa shape index (κ1) is 24.0. The number of carbonyl (C=O) groups excluding carboxylic acids is 3. The summed E-state index contributed by atoms with van der Waals surface area (Å²) in [5.41, 5.74) is 0.973. The summed E-state index contributed by atoms with van der Waals surface area (Å²) in [7, 11) is 0. The number of nitrogens with zero attached hydrogens (tertiary/aromatic N) is 2. The van der Waals surface area contributed by atoms with Crippen LogP contribution in [0.3, 0.4) is 0 Å². The first-order valence-corrected chi connectivity index (χ1v) is 11.2. The highest BCUT2D eigenvalue weighted by molar-refractivity contribution is 6.30. The van der Waals surface area contributed by atoms with E-state index in [1.807, 2.05) is 12.1 Å². The summed E-state index contributed by atoms with van der Waals surface area (Å²) < 4.78 is 5.19. The Morgan fingerprint density at radius 3 is 2.62 bits per heavy atom. The molecule has 9 nitrogen and oxygen atoms in total. The number of carboxylic acid groups (broad SMARTS) is 1. The minimum Gasteiger partial charge on any atom is -0.480 e. The van der Waals surface area contributed by atoms with E-state index in [4.69, 9.17) is 16.3 Å². The molecule has 0 aromatic heterocycles. The summed E-state index contributed by atoms with van der Waals surface area (Å²) in [4.78, 5) is 50.2. The highest BCUT2D eigenvalue weighted by Gasteiger charge is 2.45. The molecule has 0 aliphatic carbocycles. The van der Waals surface area contributed by atoms with Crippen LogP contribution in [-0.2, 0) is 30.3 Å². The van der Waals surface area contributed by atoms with Crippen LogP contribution in [-0.4, -0.2) is 70.2 Å². The first-order chi connectivity index (χ1) is 15.3. The maximum Gasteiger partial charge on any atom is 0.328 e. The number of hydrazine groups is 1. The zero-order valence-electron chi connectivity index (χ0n) is 18.0. The fourth-order valence-corrected chi connectivity index (χ4v) is 4.26. The van der Waals surface area contributed by atoms with Gasteiger partial charge in [0.05, 0.1) is 12.6 Å². The van der Waals surface area contributed by atoms with E-state index >= 15 is 0 Å². The molecule has 3 atom stereocenters. The summed E-state index contributed by atoms with van der Waals surface area (Å²) in [5.74, 6) is -2.44. The molecule has 0 radical (unpaired) electrons. The number of nitrogens with one attached hydrogen (secondary N) is 1. The van der Waals surface area contributed by atoms with E-state index < -0.39 is 36.0 Å². The first-order valence-electron chi connectivity index (χ1n) is 10.8. The third-order valence-corrected chi connectivity index (χ3v) is 6.01. The third kappa shape index (κ3) is 5.58. The molecule has 0 bridgehead atoms. The maximum atomic E-state index is 13.3. The number of hydrogen-bond acceptors (Lipinski definition) is 6. The molecule has 2 fully saturated rings. The van der Waals surface area contributed by atoms with Gasteiger partial charge in [-0.25, -0.2) is 9.80 Å². The molecule has 1 aromatic carbocycles. The van der Waals surface area contributed by atoms with Crippen molar-refractivity contribution in [3.63, 3.8) is 0 Å². The molecule has 2 aliphatic heterocycles. The van der Waals surface area contributed by atoms with Crippen molar-refractivity contribution in [3.8, 4) is 0 Å². The molecule has 32 heavy (non-hydrogen) atoms. The van der Waals surface area contributed by atoms with Gasteiger partial charge in [-0.15, -0.1) is 0 Å². The lowest BCUT2D eigenvalue weighted by molar-refractivity contribution is -0.181. The Balaban J connectivity index is 1.78. The zero-order valence-corrected chi connectivity index (χ0v) is 18.7. The SMILES string of the molecule is CCOC(=O)[C@H](CCc1ccc(Cl)cc1)N[C@H]1CCC(=O)N2CCC[C@@H](C(=O)O)N2C1=O. The number of benzene rings is 1. The number of ether oxygens (including phenoxy) is 1. The quantitative estimate of drug-likeness (QED) is 0.562. The summed E-state index contributed by atoms with van der Waals surface area (Å²) in [6, 6.07) is 4.50. The number of esters is 1. The lowest BCUT2D eigenvalue weighted by Crippen LogP contribution is -2.62. The fourth-order valence-electron chi connectivity index (χ4n) is 4.13. The van der Waals surface area contributed by atoms with Gasteiger partial charge in [0.1, 0.15) is 6.04 Å². The highest BCUT2D eigenvalue weighted by atomic mass is 35.5. The average Bonchev–Trinajstić information content (AvgIpc) is 2.89. The Bertz CT molecular complexity index is 862. The van der Waals surface area contributed by atoms with Crippen molar-refractivity contribution in [2.45, 2.75) is 63.6 Å². The van der Waals surface area contributed by atoms with Gasteiger partial charge >= 0.3 is 11.9 Å². The second-order valence-electron chi connectivity index (χ2n) is 7.92. The molecule has 0 spiro atoms. The number of halogens is 1. The molecule has 174 valence electrons. The van der Waals surface area contributed by atoms with Crippen molar-refractivity contribution in [1.29, 1.82) is 0 Å². The lowest BCUT2D eigenvalue weighted by atomic mass is 10.0. The molecule has 2 amide bonds. The Morgan fingerprint density at radius 1 is 1.25 bits per heavy atom. The van der Waals surface area contributed by atoms with Crippen LogP contribution >= 0.6 is 11.6 Å². The second kappa shape index (κ2) is 10.8. The molecule has 2 aliphatic rings. The molecular formula is C22H28ClN3O6. The van der Waals surface area contributed by atoms with E-state index in [1.54, 1.807) is 19.1 Å². The number of fused-ring (bicyclic) bond motifs is 1. The predicted molar refractivity (Wildman–Crippen MR) is 116 cm³/mol. The van der Waals surface area contributed by atoms with Gasteiger partial charge in [0.25, 0.3) is 5.91 Å². The predicted octanol–water partition coefficient (Wildman–Crippen LogP) is 1.78. The average molecular weight is 466 g/mol. The number of carboxylic acids is 1. The van der Waals surface area contributed by atoms with Gasteiger partial charge in [-0.1, -0.05) is 23.7 Å². The molecule has 2 heterocycles. The van der Waals surface area contributed by atoms with Crippen LogP contribution in [0.4, 0.5) is 0 Å². The van der Waals surface area contributed by atoms with Gasteiger partial charge in [0, 0.05) is 18.0 Å². The van der Waals surface area contributed by atoms with E-state index in [2.05, 4.69) is 5.32 Å². The monoisotopic (exact) mass is 465 g/mol. The van der Waals surface area contributed by atoms with Crippen LogP contribution in [0, 0.1) is 0 Å². The summed E-state index contributed by atoms with van der Waals surface area (Å²) in [6.45, 7) is 2.20. The van der Waals surface area contributed by atoms with Gasteiger partial charge < -0.3 is 9.84 Å². The van der Waals surface area contributed by atoms with Crippen LogP contribution in [0.15, 0.2) is 24.3 Å². The number of rotatable bonds is 8. The van der Waals surface area contributed by atoms with E-state index in [-0.39, 0.29) is 31.8 Å². The largest absolute Gasteiger partial charge is 0.480 e. The van der Waals surface area contributed by atoms with Gasteiger partial charge in [-0.2, -0.15) is 0 Å². The molecule has 1 aromatic rings. The number of amides is 2. The minimum atomic E-state index is -1.15. The van der Waals surface area contributed by atoms with Crippen molar-refractivity contribution < 1.29 is 29.0 Å². The van der Waals surface area contributed by atoms with E-state index in [1.165, 1.54) is 5.01 Å². The van der Waals surface area contributed by atoms with Crippen molar-refractivity contribution >= 4 is 35.4 Å². The normalized spacial score (nSPS) is 22.2. The molecule has 2 N–H and O–H groups in total. The third-order valence-electron chi connectivity index (χ3n) is 5.75. The molecule has 10 heteroatoms. The van der Waals surface area contributed by atoms with Crippen molar-refractivity contribution in [2.24, 2.45) is 0 Å². The van der Waals surface area contributed by atoms with Crippen LogP contribution < -0.4 is 5.32 Å². The van der Waals surface area contributed by atoms with Crippen LogP contribution in [0.5, 0.6) is 0 Å². The summed E-state index contributed by atoms with van der Waals surface area (Å²) in [6.07, 6.45) is 1.95. The van der Waals surface area contributed by atoms with E-state index in [0.717, 1.165) is 10.6 Å². The second-order valence-corrected chi connectivity index (χ2v) is 8.36. The van der Waals surface area contributed by atoms with Crippen LogP contribution in [0.2, 0.25) is 5.02 Å². The van der Waals surface area contributed by atoms with Crippen molar-refractivity contribution in [2.75, 3.05) is 13.2 Å².